The Balaban J connectivity index is 1.84. The molecule has 2 aromatic heterocycles. The SMILES string of the molecule is O=C(OCc1cccs1)c1cc(Cl)c2ccccc2n1. The summed E-state index contributed by atoms with van der Waals surface area (Å²) >= 11 is 7.70. The summed E-state index contributed by atoms with van der Waals surface area (Å²) in [4.78, 5) is 17.3. The lowest BCUT2D eigenvalue weighted by Gasteiger charge is -2.05. The Bertz CT molecular complexity index is 756. The number of hydrogen-bond acceptors (Lipinski definition) is 4. The topological polar surface area (TPSA) is 39.2 Å². The van der Waals surface area contributed by atoms with E-state index in [0.29, 0.717) is 10.5 Å². The van der Waals surface area contributed by atoms with Gasteiger partial charge in [-0.2, -0.15) is 0 Å². The van der Waals surface area contributed by atoms with Crippen LogP contribution in [0.25, 0.3) is 10.9 Å². The highest BCUT2D eigenvalue weighted by Crippen LogP contribution is 2.23. The second-order valence-corrected chi connectivity index (χ2v) is 5.60. The molecule has 0 spiro atoms. The molecule has 0 fully saturated rings. The number of fused-ring (bicyclic) bond motifs is 1. The molecule has 0 aliphatic rings. The zero-order valence-corrected chi connectivity index (χ0v) is 11.9. The average Bonchev–Trinajstić information content (AvgIpc) is 2.98. The summed E-state index contributed by atoms with van der Waals surface area (Å²) in [5.41, 5.74) is 0.910. The van der Waals surface area contributed by atoms with Crippen LogP contribution in [0.2, 0.25) is 5.02 Å². The number of ether oxygens (including phenoxy) is 1. The predicted octanol–water partition coefficient (Wildman–Crippen LogP) is 4.31. The van der Waals surface area contributed by atoms with Crippen LogP contribution in [0.15, 0.2) is 47.8 Å². The molecular weight excluding hydrogens is 294 g/mol. The first-order chi connectivity index (χ1) is 9.74. The summed E-state index contributed by atoms with van der Waals surface area (Å²) in [6.07, 6.45) is 0. The Morgan fingerprint density at radius 1 is 1.25 bits per heavy atom. The van der Waals surface area contributed by atoms with E-state index in [2.05, 4.69) is 4.98 Å². The van der Waals surface area contributed by atoms with E-state index in [1.54, 1.807) is 17.4 Å². The summed E-state index contributed by atoms with van der Waals surface area (Å²) in [5, 5.41) is 3.26. The number of benzene rings is 1. The highest BCUT2D eigenvalue weighted by molar-refractivity contribution is 7.09. The Morgan fingerprint density at radius 3 is 2.90 bits per heavy atom. The fraction of sp³-hybridized carbons (Fsp3) is 0.0667. The third-order valence-corrected chi connectivity index (χ3v) is 3.96. The normalized spacial score (nSPS) is 10.7. The molecule has 0 bridgehead atoms. The highest BCUT2D eigenvalue weighted by atomic mass is 35.5. The Labute approximate surface area is 124 Å². The van der Waals surface area contributed by atoms with Gasteiger partial charge in [0, 0.05) is 10.3 Å². The van der Waals surface area contributed by atoms with E-state index >= 15 is 0 Å². The van der Waals surface area contributed by atoms with Crippen molar-refractivity contribution >= 4 is 39.8 Å². The number of rotatable bonds is 3. The van der Waals surface area contributed by atoms with Crippen molar-refractivity contribution in [1.29, 1.82) is 0 Å². The van der Waals surface area contributed by atoms with Crippen molar-refractivity contribution in [3.63, 3.8) is 0 Å². The van der Waals surface area contributed by atoms with Crippen LogP contribution in [-0.2, 0) is 11.3 Å². The van der Waals surface area contributed by atoms with Gasteiger partial charge in [-0.3, -0.25) is 0 Å². The molecule has 100 valence electrons. The van der Waals surface area contributed by atoms with Crippen LogP contribution in [-0.4, -0.2) is 11.0 Å². The Kier molecular flexibility index (Phi) is 3.67. The second-order valence-electron chi connectivity index (χ2n) is 4.16. The van der Waals surface area contributed by atoms with Crippen LogP contribution in [0.5, 0.6) is 0 Å². The monoisotopic (exact) mass is 303 g/mol. The second kappa shape index (κ2) is 5.61. The minimum absolute atomic E-state index is 0.227. The number of carbonyl (C=O) groups is 1. The van der Waals surface area contributed by atoms with Gasteiger partial charge in [0.2, 0.25) is 0 Å². The third-order valence-electron chi connectivity index (χ3n) is 2.80. The van der Waals surface area contributed by atoms with Gasteiger partial charge < -0.3 is 4.74 Å². The van der Waals surface area contributed by atoms with Crippen molar-refractivity contribution in [1.82, 2.24) is 4.98 Å². The van der Waals surface area contributed by atoms with Crippen molar-refractivity contribution in [3.05, 3.63) is 63.4 Å². The minimum atomic E-state index is -0.467. The number of para-hydroxylation sites is 1. The molecule has 1 aromatic carbocycles. The number of halogens is 1. The number of pyridine rings is 1. The zero-order chi connectivity index (χ0) is 13.9. The Hall–Kier alpha value is -1.91. The van der Waals surface area contributed by atoms with Crippen LogP contribution in [0.4, 0.5) is 0 Å². The van der Waals surface area contributed by atoms with Crippen molar-refractivity contribution < 1.29 is 9.53 Å². The molecule has 3 aromatic rings. The number of thiophene rings is 1. The molecule has 3 nitrogen and oxygen atoms in total. The molecule has 0 saturated carbocycles. The summed E-state index contributed by atoms with van der Waals surface area (Å²) in [6, 6.07) is 12.8. The standard InChI is InChI=1S/C15H10ClNO2S/c16-12-8-14(17-13-6-2-1-5-11(12)13)15(18)19-9-10-4-3-7-20-10/h1-8H,9H2. The van der Waals surface area contributed by atoms with Gasteiger partial charge >= 0.3 is 5.97 Å². The maximum absolute atomic E-state index is 12.0. The highest BCUT2D eigenvalue weighted by Gasteiger charge is 2.12. The number of carbonyl (C=O) groups excluding carboxylic acids is 1. The van der Waals surface area contributed by atoms with Gasteiger partial charge in [0.05, 0.1) is 10.5 Å². The third kappa shape index (κ3) is 2.66. The smallest absolute Gasteiger partial charge is 0.357 e. The van der Waals surface area contributed by atoms with Gasteiger partial charge in [-0.05, 0) is 23.6 Å². The molecule has 0 radical (unpaired) electrons. The van der Waals surface area contributed by atoms with Gasteiger partial charge in [-0.1, -0.05) is 35.9 Å². The quantitative estimate of drug-likeness (QED) is 0.677. The molecule has 0 saturated heterocycles. The van der Waals surface area contributed by atoms with Gasteiger partial charge in [0.1, 0.15) is 6.61 Å². The van der Waals surface area contributed by atoms with E-state index in [-0.39, 0.29) is 12.3 Å². The first-order valence-electron chi connectivity index (χ1n) is 5.99. The molecule has 0 atom stereocenters. The van der Waals surface area contributed by atoms with Crippen molar-refractivity contribution in [2.75, 3.05) is 0 Å². The van der Waals surface area contributed by atoms with Gasteiger partial charge in [-0.15, -0.1) is 11.3 Å². The van der Waals surface area contributed by atoms with Gasteiger partial charge in [-0.25, -0.2) is 9.78 Å². The van der Waals surface area contributed by atoms with Crippen molar-refractivity contribution in [3.8, 4) is 0 Å². The molecule has 0 amide bonds. The fourth-order valence-corrected chi connectivity index (χ4v) is 2.72. The molecule has 0 unspecified atom stereocenters. The van der Waals surface area contributed by atoms with Crippen LogP contribution in [0.3, 0.4) is 0 Å². The van der Waals surface area contributed by atoms with Crippen molar-refractivity contribution in [2.45, 2.75) is 6.61 Å². The largest absolute Gasteiger partial charge is 0.455 e. The number of nitrogens with zero attached hydrogens (tertiary/aromatic N) is 1. The molecule has 0 N–H and O–H groups in total. The zero-order valence-electron chi connectivity index (χ0n) is 10.4. The van der Waals surface area contributed by atoms with Crippen LogP contribution in [0, 0.1) is 0 Å². The molecule has 5 heteroatoms. The first-order valence-corrected chi connectivity index (χ1v) is 7.24. The maximum atomic E-state index is 12.0. The van der Waals surface area contributed by atoms with Crippen molar-refractivity contribution in [2.24, 2.45) is 0 Å². The molecule has 3 rings (SSSR count). The summed E-state index contributed by atoms with van der Waals surface area (Å²) in [7, 11) is 0. The lowest BCUT2D eigenvalue weighted by Crippen LogP contribution is -2.07. The molecule has 0 aliphatic heterocycles. The van der Waals surface area contributed by atoms with Gasteiger partial charge in [0.15, 0.2) is 5.69 Å². The lowest BCUT2D eigenvalue weighted by atomic mass is 10.2. The van der Waals surface area contributed by atoms with E-state index in [9.17, 15) is 4.79 Å². The van der Waals surface area contributed by atoms with E-state index in [1.165, 1.54) is 0 Å². The van der Waals surface area contributed by atoms with E-state index in [1.807, 2.05) is 41.8 Å². The molecule has 20 heavy (non-hydrogen) atoms. The first kappa shape index (κ1) is 13.1. The molecule has 2 heterocycles. The van der Waals surface area contributed by atoms with Crippen LogP contribution in [0.1, 0.15) is 15.4 Å². The van der Waals surface area contributed by atoms with Crippen LogP contribution >= 0.6 is 22.9 Å². The van der Waals surface area contributed by atoms with E-state index in [0.717, 1.165) is 10.3 Å². The number of hydrogen-bond donors (Lipinski definition) is 0. The fourth-order valence-electron chi connectivity index (χ4n) is 1.84. The Morgan fingerprint density at radius 2 is 2.10 bits per heavy atom. The maximum Gasteiger partial charge on any atom is 0.357 e. The lowest BCUT2D eigenvalue weighted by molar-refractivity contribution is 0.0470. The summed E-state index contributed by atoms with van der Waals surface area (Å²) < 4.78 is 5.23. The predicted molar refractivity (Wildman–Crippen MR) is 80.2 cm³/mol. The van der Waals surface area contributed by atoms with Gasteiger partial charge in [0.25, 0.3) is 0 Å². The molecular formula is C15H10ClNO2S. The summed E-state index contributed by atoms with van der Waals surface area (Å²) in [6.45, 7) is 0.253. The molecule has 0 aliphatic carbocycles. The summed E-state index contributed by atoms with van der Waals surface area (Å²) in [5.74, 6) is -0.467. The van der Waals surface area contributed by atoms with E-state index in [4.69, 9.17) is 16.3 Å². The van der Waals surface area contributed by atoms with E-state index < -0.39 is 5.97 Å². The average molecular weight is 304 g/mol. The minimum Gasteiger partial charge on any atom is -0.455 e. The number of aromatic nitrogens is 1. The number of esters is 1. The van der Waals surface area contributed by atoms with Crippen LogP contribution < -0.4 is 0 Å².